The lowest BCUT2D eigenvalue weighted by Crippen LogP contribution is -2.47. The van der Waals surface area contributed by atoms with Gasteiger partial charge in [-0.25, -0.2) is 4.39 Å². The second-order valence-electron chi connectivity index (χ2n) is 7.40. The molecule has 0 radical (unpaired) electrons. The van der Waals surface area contributed by atoms with Crippen LogP contribution in [0.3, 0.4) is 0 Å². The Hall–Kier alpha value is -3.06. The summed E-state index contributed by atoms with van der Waals surface area (Å²) in [5.41, 5.74) is 4.23. The van der Waals surface area contributed by atoms with Crippen molar-refractivity contribution in [1.82, 2.24) is 24.6 Å². The number of nitrogens with zero attached hydrogens (tertiary/aromatic N) is 5. The van der Waals surface area contributed by atoms with Crippen LogP contribution in [-0.4, -0.2) is 63.7 Å². The van der Waals surface area contributed by atoms with Crippen molar-refractivity contribution in [3.63, 3.8) is 0 Å². The Labute approximate surface area is 169 Å². The van der Waals surface area contributed by atoms with Gasteiger partial charge in [-0.2, -0.15) is 5.10 Å². The van der Waals surface area contributed by atoms with E-state index in [4.69, 9.17) is 5.10 Å². The molecule has 0 aliphatic carbocycles. The number of hydrogen-bond acceptors (Lipinski definition) is 4. The summed E-state index contributed by atoms with van der Waals surface area (Å²) in [6.07, 6.45) is 3.72. The third-order valence-corrected chi connectivity index (χ3v) is 5.43. The van der Waals surface area contributed by atoms with Gasteiger partial charge in [-0.3, -0.25) is 14.5 Å². The number of carbonyl (C=O) groups is 1. The second kappa shape index (κ2) is 8.13. The summed E-state index contributed by atoms with van der Waals surface area (Å²) in [7, 11) is 3.92. The van der Waals surface area contributed by atoms with Gasteiger partial charge in [0.1, 0.15) is 11.5 Å². The van der Waals surface area contributed by atoms with Crippen LogP contribution in [0.15, 0.2) is 48.8 Å². The molecule has 29 heavy (non-hydrogen) atoms. The Morgan fingerprint density at radius 2 is 1.62 bits per heavy atom. The Morgan fingerprint density at radius 1 is 0.966 bits per heavy atom. The standard InChI is InChI=1S/C22H24FN5O/c1-26-11-13-28(14-12-26)20(29)15-19-21(16-7-9-24-10-8-16)22(25-27(19)2)17-3-5-18(23)6-4-17/h3-10H,11-15H2,1-2H3. The number of aryl methyl sites for hydroxylation is 1. The second-order valence-corrected chi connectivity index (χ2v) is 7.40. The fourth-order valence-electron chi connectivity index (χ4n) is 3.70. The molecule has 4 rings (SSSR count). The van der Waals surface area contributed by atoms with Crippen molar-refractivity contribution in [1.29, 1.82) is 0 Å². The molecule has 3 aromatic rings. The summed E-state index contributed by atoms with van der Waals surface area (Å²) in [5, 5.41) is 4.69. The monoisotopic (exact) mass is 393 g/mol. The molecule has 1 aliphatic rings. The van der Waals surface area contributed by atoms with Crippen molar-refractivity contribution >= 4 is 5.91 Å². The number of halogens is 1. The summed E-state index contributed by atoms with van der Waals surface area (Å²) in [6, 6.07) is 10.1. The number of piperazine rings is 1. The SMILES string of the molecule is CN1CCN(C(=O)Cc2c(-c3ccncc3)c(-c3ccc(F)cc3)nn2C)CC1. The van der Waals surface area contributed by atoms with Crippen molar-refractivity contribution in [2.75, 3.05) is 33.2 Å². The number of amides is 1. The lowest BCUT2D eigenvalue weighted by Gasteiger charge is -2.32. The number of rotatable bonds is 4. The van der Waals surface area contributed by atoms with Crippen molar-refractivity contribution in [3.05, 3.63) is 60.3 Å². The van der Waals surface area contributed by atoms with Gasteiger partial charge in [-0.1, -0.05) is 0 Å². The van der Waals surface area contributed by atoms with E-state index in [-0.39, 0.29) is 18.1 Å². The first kappa shape index (κ1) is 19.3. The molecule has 0 saturated carbocycles. The van der Waals surface area contributed by atoms with Gasteiger partial charge in [0.2, 0.25) is 5.91 Å². The number of carbonyl (C=O) groups excluding carboxylic acids is 1. The predicted molar refractivity (Wildman–Crippen MR) is 110 cm³/mol. The van der Waals surface area contributed by atoms with E-state index in [0.29, 0.717) is 0 Å². The number of likely N-dealkylation sites (N-methyl/N-ethyl adjacent to an activating group) is 1. The van der Waals surface area contributed by atoms with Gasteiger partial charge in [-0.15, -0.1) is 0 Å². The highest BCUT2D eigenvalue weighted by molar-refractivity contribution is 5.87. The highest BCUT2D eigenvalue weighted by Gasteiger charge is 2.25. The molecule has 3 heterocycles. The molecule has 2 aromatic heterocycles. The number of hydrogen-bond donors (Lipinski definition) is 0. The van der Waals surface area contributed by atoms with Crippen LogP contribution in [0, 0.1) is 5.82 Å². The number of pyridine rings is 1. The molecule has 1 aromatic carbocycles. The fraction of sp³-hybridized carbons (Fsp3) is 0.318. The van der Waals surface area contributed by atoms with Crippen molar-refractivity contribution in [2.45, 2.75) is 6.42 Å². The first-order valence-corrected chi connectivity index (χ1v) is 9.71. The van der Waals surface area contributed by atoms with Gasteiger partial charge in [0.05, 0.1) is 12.1 Å². The number of aromatic nitrogens is 3. The van der Waals surface area contributed by atoms with Crippen LogP contribution in [0.4, 0.5) is 4.39 Å². The van der Waals surface area contributed by atoms with E-state index in [1.165, 1.54) is 12.1 Å². The lowest BCUT2D eigenvalue weighted by atomic mass is 9.98. The Kier molecular flexibility index (Phi) is 5.40. The van der Waals surface area contributed by atoms with Gasteiger partial charge in [-0.05, 0) is 49.0 Å². The van der Waals surface area contributed by atoms with Gasteiger partial charge in [0.15, 0.2) is 0 Å². The zero-order valence-corrected chi connectivity index (χ0v) is 16.7. The molecule has 0 N–H and O–H groups in total. The minimum Gasteiger partial charge on any atom is -0.340 e. The molecule has 1 fully saturated rings. The van der Waals surface area contributed by atoms with Gasteiger partial charge < -0.3 is 9.80 Å². The maximum atomic E-state index is 13.4. The summed E-state index contributed by atoms with van der Waals surface area (Å²) < 4.78 is 15.2. The smallest absolute Gasteiger partial charge is 0.228 e. The van der Waals surface area contributed by atoms with Crippen molar-refractivity contribution < 1.29 is 9.18 Å². The van der Waals surface area contributed by atoms with Crippen LogP contribution in [0.1, 0.15) is 5.69 Å². The molecular weight excluding hydrogens is 369 g/mol. The zero-order chi connectivity index (χ0) is 20.4. The highest BCUT2D eigenvalue weighted by atomic mass is 19.1. The molecule has 0 bridgehead atoms. The Morgan fingerprint density at radius 3 is 2.28 bits per heavy atom. The zero-order valence-electron chi connectivity index (χ0n) is 16.7. The van der Waals surface area contributed by atoms with Gasteiger partial charge >= 0.3 is 0 Å². The van der Waals surface area contributed by atoms with E-state index in [2.05, 4.69) is 16.9 Å². The fourth-order valence-corrected chi connectivity index (χ4v) is 3.70. The average Bonchev–Trinajstić information content (AvgIpc) is 3.05. The van der Waals surface area contributed by atoms with E-state index < -0.39 is 0 Å². The molecule has 7 heteroatoms. The predicted octanol–water partition coefficient (Wildman–Crippen LogP) is 2.60. The largest absolute Gasteiger partial charge is 0.340 e. The van der Waals surface area contributed by atoms with Crippen LogP contribution in [-0.2, 0) is 18.3 Å². The van der Waals surface area contributed by atoms with Crippen LogP contribution in [0.5, 0.6) is 0 Å². The molecule has 1 saturated heterocycles. The Balaban J connectivity index is 1.73. The summed E-state index contributed by atoms with van der Waals surface area (Å²) in [4.78, 5) is 21.3. The van der Waals surface area contributed by atoms with E-state index in [1.807, 2.05) is 24.1 Å². The van der Waals surface area contributed by atoms with Crippen LogP contribution in [0.25, 0.3) is 22.4 Å². The van der Waals surface area contributed by atoms with Crippen LogP contribution in [0.2, 0.25) is 0 Å². The lowest BCUT2D eigenvalue weighted by molar-refractivity contribution is -0.132. The van der Waals surface area contributed by atoms with Crippen molar-refractivity contribution in [3.8, 4) is 22.4 Å². The summed E-state index contributed by atoms with van der Waals surface area (Å²) in [5.74, 6) is -0.192. The summed E-state index contributed by atoms with van der Waals surface area (Å²) >= 11 is 0. The van der Waals surface area contributed by atoms with E-state index in [0.717, 1.165) is 54.3 Å². The third kappa shape index (κ3) is 4.05. The first-order chi connectivity index (χ1) is 14.0. The van der Waals surface area contributed by atoms with Crippen LogP contribution >= 0.6 is 0 Å². The molecule has 0 unspecified atom stereocenters. The normalized spacial score (nSPS) is 14.9. The van der Waals surface area contributed by atoms with E-state index >= 15 is 0 Å². The molecular formula is C22H24FN5O. The average molecular weight is 393 g/mol. The molecule has 0 spiro atoms. The molecule has 1 aliphatic heterocycles. The minimum atomic E-state index is -0.291. The first-order valence-electron chi connectivity index (χ1n) is 9.71. The highest BCUT2D eigenvalue weighted by Crippen LogP contribution is 2.34. The van der Waals surface area contributed by atoms with E-state index in [1.54, 1.807) is 29.2 Å². The molecule has 0 atom stereocenters. The van der Waals surface area contributed by atoms with Crippen LogP contribution < -0.4 is 0 Å². The topological polar surface area (TPSA) is 54.3 Å². The van der Waals surface area contributed by atoms with Crippen molar-refractivity contribution in [2.24, 2.45) is 7.05 Å². The molecule has 6 nitrogen and oxygen atoms in total. The Bertz CT molecular complexity index is 992. The quantitative estimate of drug-likeness (QED) is 0.684. The molecule has 1 amide bonds. The van der Waals surface area contributed by atoms with E-state index in [9.17, 15) is 9.18 Å². The summed E-state index contributed by atoms with van der Waals surface area (Å²) in [6.45, 7) is 3.25. The maximum absolute atomic E-state index is 13.4. The third-order valence-electron chi connectivity index (χ3n) is 5.43. The number of benzene rings is 1. The minimum absolute atomic E-state index is 0.0991. The van der Waals surface area contributed by atoms with Gasteiger partial charge in [0.25, 0.3) is 0 Å². The maximum Gasteiger partial charge on any atom is 0.228 e. The van der Waals surface area contributed by atoms with Gasteiger partial charge in [0, 0.05) is 56.7 Å². The molecule has 150 valence electrons.